The Bertz CT molecular complexity index is 579. The van der Waals surface area contributed by atoms with Gasteiger partial charge in [0.25, 0.3) is 0 Å². The van der Waals surface area contributed by atoms with Gasteiger partial charge in [-0.25, -0.2) is 4.39 Å². The molecular weight excluding hydrogens is 251 g/mol. The van der Waals surface area contributed by atoms with Crippen LogP contribution in [0.1, 0.15) is 16.7 Å². The van der Waals surface area contributed by atoms with E-state index in [-0.39, 0.29) is 5.82 Å². The Morgan fingerprint density at radius 1 is 1.10 bits per heavy atom. The fourth-order valence-electron chi connectivity index (χ4n) is 2.18. The largest absolute Gasteiger partial charge is 0.381 e. The van der Waals surface area contributed by atoms with Gasteiger partial charge < -0.3 is 10.2 Å². The van der Waals surface area contributed by atoms with Crippen LogP contribution in [0, 0.1) is 12.7 Å². The van der Waals surface area contributed by atoms with Crippen LogP contribution in [0.3, 0.4) is 0 Å². The van der Waals surface area contributed by atoms with E-state index in [0.29, 0.717) is 12.1 Å². The second kappa shape index (κ2) is 6.53. The molecule has 0 aromatic heterocycles. The van der Waals surface area contributed by atoms with Crippen molar-refractivity contribution in [2.24, 2.45) is 0 Å². The highest BCUT2D eigenvalue weighted by molar-refractivity contribution is 5.46. The average molecular weight is 272 g/mol. The lowest BCUT2D eigenvalue weighted by Gasteiger charge is -2.12. The quantitative estimate of drug-likeness (QED) is 0.890. The first-order valence-corrected chi connectivity index (χ1v) is 6.77. The smallest absolute Gasteiger partial charge is 0.128 e. The molecule has 0 aliphatic rings. The Labute approximate surface area is 120 Å². The number of nitrogens with zero attached hydrogens (tertiary/aromatic N) is 1. The van der Waals surface area contributed by atoms with Gasteiger partial charge in [0.1, 0.15) is 5.82 Å². The van der Waals surface area contributed by atoms with Crippen molar-refractivity contribution in [2.45, 2.75) is 20.0 Å². The monoisotopic (exact) mass is 272 g/mol. The molecule has 2 aromatic carbocycles. The summed E-state index contributed by atoms with van der Waals surface area (Å²) in [4.78, 5) is 2.12. The minimum Gasteiger partial charge on any atom is -0.381 e. The molecule has 0 saturated heterocycles. The molecule has 0 aliphatic heterocycles. The molecule has 3 heteroatoms. The van der Waals surface area contributed by atoms with Crippen LogP contribution >= 0.6 is 0 Å². The molecule has 0 heterocycles. The molecule has 20 heavy (non-hydrogen) atoms. The Hall–Kier alpha value is -1.87. The van der Waals surface area contributed by atoms with E-state index < -0.39 is 0 Å². The van der Waals surface area contributed by atoms with Crippen LogP contribution in [0.25, 0.3) is 0 Å². The number of nitrogens with one attached hydrogen (secondary N) is 1. The van der Waals surface area contributed by atoms with E-state index in [1.54, 1.807) is 6.07 Å². The summed E-state index contributed by atoms with van der Waals surface area (Å²) in [6.07, 6.45) is 0. The first-order valence-electron chi connectivity index (χ1n) is 6.77. The van der Waals surface area contributed by atoms with E-state index in [4.69, 9.17) is 0 Å². The maximum Gasteiger partial charge on any atom is 0.128 e. The van der Waals surface area contributed by atoms with Crippen LogP contribution in [0.2, 0.25) is 0 Å². The van der Waals surface area contributed by atoms with E-state index in [9.17, 15) is 4.39 Å². The zero-order valence-corrected chi connectivity index (χ0v) is 12.3. The van der Waals surface area contributed by atoms with Crippen LogP contribution in [0.15, 0.2) is 42.5 Å². The molecule has 0 unspecified atom stereocenters. The van der Waals surface area contributed by atoms with Gasteiger partial charge in [0.05, 0.1) is 0 Å². The summed E-state index contributed by atoms with van der Waals surface area (Å²) in [6, 6.07) is 13.4. The van der Waals surface area contributed by atoms with Gasteiger partial charge in [0.15, 0.2) is 0 Å². The Balaban J connectivity index is 2.05. The van der Waals surface area contributed by atoms with Gasteiger partial charge in [0.2, 0.25) is 0 Å². The van der Waals surface area contributed by atoms with Crippen LogP contribution in [-0.2, 0) is 13.1 Å². The summed E-state index contributed by atoms with van der Waals surface area (Å²) in [7, 11) is 4.09. The fraction of sp³-hybridized carbons (Fsp3) is 0.294. The maximum absolute atomic E-state index is 13.7. The summed E-state index contributed by atoms with van der Waals surface area (Å²) in [5, 5.41) is 3.28. The highest BCUT2D eigenvalue weighted by atomic mass is 19.1. The molecule has 0 aliphatic carbocycles. The summed E-state index contributed by atoms with van der Waals surface area (Å²) in [5.41, 5.74) is 4.03. The van der Waals surface area contributed by atoms with Crippen molar-refractivity contribution in [2.75, 3.05) is 19.4 Å². The molecule has 0 bridgehead atoms. The predicted molar refractivity (Wildman–Crippen MR) is 82.3 cm³/mol. The highest BCUT2D eigenvalue weighted by Gasteiger charge is 2.03. The zero-order valence-electron chi connectivity index (χ0n) is 12.3. The molecule has 0 spiro atoms. The number of hydrogen-bond donors (Lipinski definition) is 1. The summed E-state index contributed by atoms with van der Waals surface area (Å²) in [6.45, 7) is 3.37. The van der Waals surface area contributed by atoms with Gasteiger partial charge in [0, 0.05) is 24.3 Å². The lowest BCUT2D eigenvalue weighted by Crippen LogP contribution is -2.11. The van der Waals surface area contributed by atoms with Crippen LogP contribution < -0.4 is 5.32 Å². The minimum absolute atomic E-state index is 0.160. The highest BCUT2D eigenvalue weighted by Crippen LogP contribution is 2.15. The van der Waals surface area contributed by atoms with Crippen molar-refractivity contribution in [1.82, 2.24) is 4.90 Å². The Kier molecular flexibility index (Phi) is 4.74. The predicted octanol–water partition coefficient (Wildman–Crippen LogP) is 3.81. The molecule has 0 amide bonds. The van der Waals surface area contributed by atoms with Gasteiger partial charge in [-0.3, -0.25) is 0 Å². The van der Waals surface area contributed by atoms with Gasteiger partial charge in [-0.15, -0.1) is 0 Å². The summed E-state index contributed by atoms with van der Waals surface area (Å²) in [5.74, 6) is -0.160. The Morgan fingerprint density at radius 3 is 2.65 bits per heavy atom. The zero-order chi connectivity index (χ0) is 14.5. The third kappa shape index (κ3) is 4.07. The van der Waals surface area contributed by atoms with Gasteiger partial charge in [-0.05, 0) is 44.8 Å². The van der Waals surface area contributed by atoms with Gasteiger partial charge in [-0.1, -0.05) is 29.8 Å². The van der Waals surface area contributed by atoms with Gasteiger partial charge >= 0.3 is 0 Å². The molecule has 0 atom stereocenters. The third-order valence-corrected chi connectivity index (χ3v) is 3.11. The van der Waals surface area contributed by atoms with Crippen molar-refractivity contribution in [3.63, 3.8) is 0 Å². The summed E-state index contributed by atoms with van der Waals surface area (Å²) < 4.78 is 13.7. The van der Waals surface area contributed by atoms with E-state index in [2.05, 4.69) is 22.3 Å². The average Bonchev–Trinajstić information content (AvgIpc) is 2.39. The normalized spacial score (nSPS) is 10.8. The topological polar surface area (TPSA) is 15.3 Å². The van der Waals surface area contributed by atoms with Crippen molar-refractivity contribution in [3.05, 3.63) is 65.0 Å². The van der Waals surface area contributed by atoms with Crippen molar-refractivity contribution >= 4 is 5.69 Å². The minimum atomic E-state index is -0.160. The molecule has 2 rings (SSSR count). The van der Waals surface area contributed by atoms with Gasteiger partial charge in [-0.2, -0.15) is 0 Å². The SMILES string of the molecule is Cc1ccc(F)c(CNc2cccc(CN(C)C)c2)c1. The standard InChI is InChI=1S/C17H21FN2/c1-13-7-8-17(18)15(9-13)11-19-16-6-4-5-14(10-16)12-20(2)3/h4-10,19H,11-12H2,1-3H3. The second-order valence-corrected chi connectivity index (χ2v) is 5.39. The van der Waals surface area contributed by atoms with E-state index in [1.165, 1.54) is 11.6 Å². The number of hydrogen-bond acceptors (Lipinski definition) is 2. The summed E-state index contributed by atoms with van der Waals surface area (Å²) >= 11 is 0. The number of halogens is 1. The molecule has 2 aromatic rings. The lowest BCUT2D eigenvalue weighted by atomic mass is 10.1. The molecule has 0 radical (unpaired) electrons. The molecular formula is C17H21FN2. The van der Waals surface area contributed by atoms with Crippen molar-refractivity contribution in [1.29, 1.82) is 0 Å². The van der Waals surface area contributed by atoms with E-state index in [1.807, 2.05) is 39.2 Å². The third-order valence-electron chi connectivity index (χ3n) is 3.11. The fourth-order valence-corrected chi connectivity index (χ4v) is 2.18. The van der Waals surface area contributed by atoms with Crippen LogP contribution in [-0.4, -0.2) is 19.0 Å². The number of anilines is 1. The second-order valence-electron chi connectivity index (χ2n) is 5.39. The molecule has 106 valence electrons. The Morgan fingerprint density at radius 2 is 1.90 bits per heavy atom. The van der Waals surface area contributed by atoms with Crippen molar-refractivity contribution in [3.8, 4) is 0 Å². The van der Waals surface area contributed by atoms with Crippen LogP contribution in [0.5, 0.6) is 0 Å². The first kappa shape index (κ1) is 14.5. The maximum atomic E-state index is 13.7. The molecule has 1 N–H and O–H groups in total. The number of aryl methyl sites for hydroxylation is 1. The van der Waals surface area contributed by atoms with E-state index >= 15 is 0 Å². The lowest BCUT2D eigenvalue weighted by molar-refractivity contribution is 0.402. The molecule has 0 fully saturated rings. The number of rotatable bonds is 5. The van der Waals surface area contributed by atoms with E-state index in [0.717, 1.165) is 17.8 Å². The van der Waals surface area contributed by atoms with Crippen molar-refractivity contribution < 1.29 is 4.39 Å². The molecule has 0 saturated carbocycles. The van der Waals surface area contributed by atoms with Crippen LogP contribution in [0.4, 0.5) is 10.1 Å². The first-order chi connectivity index (χ1) is 9.54. The molecule has 2 nitrogen and oxygen atoms in total. The number of benzene rings is 2.